The Morgan fingerprint density at radius 2 is 0.927 bits per heavy atom. The molecule has 0 aliphatic heterocycles. The number of fused-ring (bicyclic) bond motifs is 14. The molecule has 0 aliphatic carbocycles. The summed E-state index contributed by atoms with van der Waals surface area (Å²) in [6.07, 6.45) is 6.96. The predicted octanol–water partition coefficient (Wildman–Crippen LogP) is 8.21. The molecule has 0 fully saturated rings. The zero-order valence-corrected chi connectivity index (χ0v) is 26.0. The van der Waals surface area contributed by atoms with Crippen molar-refractivity contribution >= 4 is 107 Å². The Labute approximate surface area is 252 Å². The third kappa shape index (κ3) is 3.63. The van der Waals surface area contributed by atoms with Crippen LogP contribution in [0.3, 0.4) is 0 Å². The molecule has 0 amide bonds. The van der Waals surface area contributed by atoms with Gasteiger partial charge in [-0.1, -0.05) is 49.1 Å². The molecular formula is C32H16N6S2Zn. The number of benzene rings is 4. The van der Waals surface area contributed by atoms with Gasteiger partial charge in [-0.2, -0.15) is 0 Å². The monoisotopic (exact) mass is 612 g/mol. The molecule has 188 valence electrons. The first-order valence-electron chi connectivity index (χ1n) is 12.8. The minimum absolute atomic E-state index is 0. The molecule has 10 rings (SSSR count). The summed E-state index contributed by atoms with van der Waals surface area (Å²) in [5, 5.41) is 7.13. The van der Waals surface area contributed by atoms with E-state index in [-0.39, 0.29) is 19.5 Å². The molecule has 6 aromatic heterocycles. The van der Waals surface area contributed by atoms with E-state index in [0.29, 0.717) is 0 Å². The second-order valence-corrected chi connectivity index (χ2v) is 11.8. The Morgan fingerprint density at radius 3 is 1.41 bits per heavy atom. The molecule has 9 heteroatoms. The number of hydrogen-bond acceptors (Lipinski definition) is 6. The van der Waals surface area contributed by atoms with E-state index in [4.69, 9.17) is 0 Å². The van der Waals surface area contributed by atoms with Crippen molar-refractivity contribution in [3.8, 4) is 0 Å². The number of pyridine rings is 2. The molecule has 0 bridgehead atoms. The van der Waals surface area contributed by atoms with Crippen molar-refractivity contribution in [2.45, 2.75) is 0 Å². The van der Waals surface area contributed by atoms with Gasteiger partial charge in [0.1, 0.15) is 0 Å². The van der Waals surface area contributed by atoms with Crippen LogP contribution in [0.4, 0.5) is 0 Å². The summed E-state index contributed by atoms with van der Waals surface area (Å²) in [5.41, 5.74) is 5.96. The molecule has 0 saturated heterocycles. The summed E-state index contributed by atoms with van der Waals surface area (Å²) in [5.74, 6) is 0. The van der Waals surface area contributed by atoms with Gasteiger partial charge in [-0.3, -0.25) is 9.97 Å². The van der Waals surface area contributed by atoms with Crippen LogP contribution in [0.5, 0.6) is 0 Å². The molecule has 41 heavy (non-hydrogen) atoms. The molecule has 0 radical (unpaired) electrons. The van der Waals surface area contributed by atoms with Crippen LogP contribution in [0, 0.1) is 0 Å². The average molecular weight is 614 g/mol. The van der Waals surface area contributed by atoms with Crippen molar-refractivity contribution in [2.75, 3.05) is 0 Å². The van der Waals surface area contributed by atoms with E-state index >= 15 is 0 Å². The van der Waals surface area contributed by atoms with E-state index in [9.17, 15) is 0 Å². The number of hydrogen-bond donors (Lipinski definition) is 0. The van der Waals surface area contributed by atoms with Crippen LogP contribution < -0.4 is 9.97 Å². The smallest absolute Gasteiger partial charge is 0.443 e. The zero-order valence-electron chi connectivity index (χ0n) is 21.4. The fourth-order valence-electron chi connectivity index (χ4n) is 5.70. The van der Waals surface area contributed by atoms with Gasteiger partial charge in [-0.05, 0) is 80.0 Å². The van der Waals surface area contributed by atoms with Crippen molar-refractivity contribution in [1.29, 1.82) is 0 Å². The van der Waals surface area contributed by atoms with Crippen LogP contribution in [0.2, 0.25) is 0 Å². The van der Waals surface area contributed by atoms with E-state index < -0.39 is 0 Å². The van der Waals surface area contributed by atoms with Crippen LogP contribution in [0.1, 0.15) is 0 Å². The number of imidazole rings is 2. The second-order valence-electron chi connectivity index (χ2n) is 9.59. The summed E-state index contributed by atoms with van der Waals surface area (Å²) in [7, 11) is 0. The first-order valence-corrected chi connectivity index (χ1v) is 14.4. The summed E-state index contributed by atoms with van der Waals surface area (Å²) >= 11 is 3.55. The third-order valence-corrected chi connectivity index (χ3v) is 9.64. The second kappa shape index (κ2) is 9.38. The van der Waals surface area contributed by atoms with Crippen LogP contribution in [-0.4, -0.2) is 19.9 Å². The molecule has 10 aromatic rings. The van der Waals surface area contributed by atoms with Crippen LogP contribution in [0.15, 0.2) is 97.8 Å². The fourth-order valence-corrected chi connectivity index (χ4v) is 7.85. The number of aromatic nitrogens is 6. The molecule has 0 atom stereocenters. The van der Waals surface area contributed by atoms with Gasteiger partial charge in [0, 0.05) is 32.6 Å². The van der Waals surface area contributed by atoms with E-state index in [1.165, 1.54) is 51.1 Å². The molecule has 4 aromatic carbocycles. The first-order chi connectivity index (χ1) is 19.8. The minimum Gasteiger partial charge on any atom is -0.443 e. The number of nitrogens with zero attached hydrogens (tertiary/aromatic N) is 6. The molecule has 6 nitrogen and oxygen atoms in total. The Bertz CT molecular complexity index is 2400. The largest absolute Gasteiger partial charge is 2.00 e. The molecule has 0 spiro atoms. The third-order valence-electron chi connectivity index (χ3n) is 7.42. The normalized spacial score (nSPS) is 11.7. The Morgan fingerprint density at radius 1 is 0.463 bits per heavy atom. The molecular weight excluding hydrogens is 598 g/mol. The quantitative estimate of drug-likeness (QED) is 0.160. The summed E-state index contributed by atoms with van der Waals surface area (Å²) in [4.78, 5) is 26.7. The van der Waals surface area contributed by atoms with Gasteiger partial charge in [0.2, 0.25) is 0 Å². The van der Waals surface area contributed by atoms with Gasteiger partial charge in [0.25, 0.3) is 0 Å². The Hall–Kier alpha value is -4.30. The van der Waals surface area contributed by atoms with E-state index in [1.807, 2.05) is 36.7 Å². The van der Waals surface area contributed by atoms with Gasteiger partial charge in [0.05, 0.1) is 20.4 Å². The maximum absolute atomic E-state index is 4.57. The Balaban J connectivity index is 0.000000122. The maximum Gasteiger partial charge on any atom is 2.00 e. The van der Waals surface area contributed by atoms with E-state index in [1.54, 1.807) is 35.3 Å². The predicted molar refractivity (Wildman–Crippen MR) is 167 cm³/mol. The van der Waals surface area contributed by atoms with Crippen molar-refractivity contribution < 1.29 is 19.5 Å². The number of thiophene rings is 2. The summed E-state index contributed by atoms with van der Waals surface area (Å²) < 4.78 is 4.93. The van der Waals surface area contributed by atoms with Gasteiger partial charge < -0.3 is 19.9 Å². The van der Waals surface area contributed by atoms with Crippen molar-refractivity contribution in [3.63, 3.8) is 0 Å². The van der Waals surface area contributed by atoms with Gasteiger partial charge >= 0.3 is 19.5 Å². The molecule has 0 unspecified atom stereocenters. The zero-order chi connectivity index (χ0) is 26.2. The maximum atomic E-state index is 4.57. The van der Waals surface area contributed by atoms with Gasteiger partial charge in [-0.25, -0.2) is 0 Å². The first kappa shape index (κ1) is 24.5. The SMILES string of the molecule is [Zn+2].c1cnc2c(c1)sc1ccc3ccc4nc[n-]c4c3c12.c1cnc2c(c1)sc1ccc3ccc4nc[n-]c4c3c12. The fraction of sp³-hybridized carbons (Fsp3) is 0. The summed E-state index contributed by atoms with van der Waals surface area (Å²) in [6, 6.07) is 25.1. The van der Waals surface area contributed by atoms with Gasteiger partial charge in [0.15, 0.2) is 0 Å². The average Bonchev–Trinajstić information content (AvgIpc) is 3.80. The molecule has 0 saturated carbocycles. The number of rotatable bonds is 0. The minimum atomic E-state index is 0. The summed E-state index contributed by atoms with van der Waals surface area (Å²) in [6.45, 7) is 0. The van der Waals surface area contributed by atoms with Crippen molar-refractivity contribution in [2.24, 2.45) is 0 Å². The molecule has 0 N–H and O–H groups in total. The molecule has 6 heterocycles. The van der Waals surface area contributed by atoms with Crippen LogP contribution >= 0.6 is 22.7 Å². The van der Waals surface area contributed by atoms with E-state index in [2.05, 4.69) is 78.4 Å². The van der Waals surface area contributed by atoms with Crippen LogP contribution in [-0.2, 0) is 19.5 Å². The van der Waals surface area contributed by atoms with Crippen molar-refractivity contribution in [1.82, 2.24) is 29.9 Å². The van der Waals surface area contributed by atoms with E-state index in [0.717, 1.165) is 33.1 Å². The molecule has 0 aliphatic rings. The van der Waals surface area contributed by atoms with Crippen molar-refractivity contribution in [3.05, 3.63) is 97.8 Å². The standard InChI is InChI=1S/2C16H8N3S.Zn/c2*1-2-12-16(17-7-1)14-11(20-12)6-4-9-3-5-10-15(13(9)14)19-8-18-10;/h2*1-8H;/q2*-1;+2. The van der Waals surface area contributed by atoms with Gasteiger partial charge in [-0.15, -0.1) is 22.7 Å². The topological polar surface area (TPSA) is 79.8 Å². The van der Waals surface area contributed by atoms with Crippen LogP contribution in [0.25, 0.3) is 84.2 Å². The Kier molecular flexibility index (Phi) is 5.60.